The summed E-state index contributed by atoms with van der Waals surface area (Å²) in [7, 11) is 0. The van der Waals surface area contributed by atoms with Crippen LogP contribution in [0.1, 0.15) is 18.5 Å². The van der Waals surface area contributed by atoms with Crippen molar-refractivity contribution in [1.82, 2.24) is 15.1 Å². The number of amides is 1. The van der Waals surface area contributed by atoms with Crippen molar-refractivity contribution in [3.63, 3.8) is 0 Å². The highest BCUT2D eigenvalue weighted by atomic mass is 35.5. The van der Waals surface area contributed by atoms with Crippen LogP contribution >= 0.6 is 23.2 Å². The molecule has 0 unspecified atom stereocenters. The Morgan fingerprint density at radius 2 is 2.21 bits per heavy atom. The lowest BCUT2D eigenvalue weighted by molar-refractivity contribution is -0.122. The molecule has 1 aromatic carbocycles. The molecule has 0 fully saturated rings. The van der Waals surface area contributed by atoms with E-state index in [0.717, 1.165) is 5.56 Å². The largest absolute Gasteiger partial charge is 0.348 e. The van der Waals surface area contributed by atoms with E-state index in [1.807, 2.05) is 13.0 Å². The number of hydrogen-bond donors (Lipinski definition) is 1. The van der Waals surface area contributed by atoms with Crippen LogP contribution in [0.5, 0.6) is 0 Å². The van der Waals surface area contributed by atoms with Crippen LogP contribution in [0.4, 0.5) is 0 Å². The summed E-state index contributed by atoms with van der Waals surface area (Å²) in [5, 5.41) is 7.84. The molecule has 0 aliphatic heterocycles. The zero-order chi connectivity index (χ0) is 13.8. The standard InChI is InChI=1S/C13H13Cl2N3O/c1-9(10-3-4-11(14)12(15)7-10)17-13(19)8-18-6-2-5-16-18/h2-7,9H,8H2,1H3,(H,17,19)/t9-/m1/s1. The maximum atomic E-state index is 11.8. The molecule has 1 amide bonds. The quantitative estimate of drug-likeness (QED) is 0.943. The van der Waals surface area contributed by atoms with Gasteiger partial charge in [0.05, 0.1) is 16.1 Å². The predicted octanol–water partition coefficient (Wildman–Crippen LogP) is 3.07. The molecule has 4 nitrogen and oxygen atoms in total. The summed E-state index contributed by atoms with van der Waals surface area (Å²) in [6, 6.07) is 6.94. The van der Waals surface area contributed by atoms with Gasteiger partial charge in [0, 0.05) is 12.4 Å². The Labute approximate surface area is 121 Å². The fourth-order valence-electron chi connectivity index (χ4n) is 1.69. The molecule has 6 heteroatoms. The molecule has 0 spiro atoms. The van der Waals surface area contributed by atoms with Crippen LogP contribution < -0.4 is 5.32 Å². The molecule has 0 bridgehead atoms. The number of halogens is 2. The zero-order valence-corrected chi connectivity index (χ0v) is 11.8. The molecule has 1 atom stereocenters. The summed E-state index contributed by atoms with van der Waals surface area (Å²) in [4.78, 5) is 11.8. The summed E-state index contributed by atoms with van der Waals surface area (Å²) in [6.45, 7) is 2.08. The number of aromatic nitrogens is 2. The van der Waals surface area contributed by atoms with Crippen molar-refractivity contribution < 1.29 is 4.79 Å². The third-order valence-corrected chi connectivity index (χ3v) is 3.42. The van der Waals surface area contributed by atoms with Gasteiger partial charge >= 0.3 is 0 Å². The minimum absolute atomic E-state index is 0.109. The van der Waals surface area contributed by atoms with Gasteiger partial charge in [0.15, 0.2) is 0 Å². The van der Waals surface area contributed by atoms with Crippen molar-refractivity contribution >= 4 is 29.1 Å². The van der Waals surface area contributed by atoms with Gasteiger partial charge in [-0.25, -0.2) is 0 Å². The molecule has 19 heavy (non-hydrogen) atoms. The third kappa shape index (κ3) is 3.72. The average Bonchev–Trinajstić information content (AvgIpc) is 2.85. The molecular weight excluding hydrogens is 285 g/mol. The molecule has 2 rings (SSSR count). The van der Waals surface area contributed by atoms with E-state index in [0.29, 0.717) is 10.0 Å². The maximum Gasteiger partial charge on any atom is 0.242 e. The molecule has 1 N–H and O–H groups in total. The molecule has 0 aliphatic rings. The Bertz CT molecular complexity index is 569. The van der Waals surface area contributed by atoms with Crippen molar-refractivity contribution in [3.8, 4) is 0 Å². The van der Waals surface area contributed by atoms with E-state index in [1.54, 1.807) is 35.3 Å². The Hall–Kier alpha value is -1.52. The fourth-order valence-corrected chi connectivity index (χ4v) is 2.00. The van der Waals surface area contributed by atoms with Crippen molar-refractivity contribution in [2.75, 3.05) is 0 Å². The van der Waals surface area contributed by atoms with E-state index >= 15 is 0 Å². The summed E-state index contributed by atoms with van der Waals surface area (Å²) in [6.07, 6.45) is 3.37. The molecule has 0 saturated heterocycles. The summed E-state index contributed by atoms with van der Waals surface area (Å²) in [5.74, 6) is -0.109. The second kappa shape index (κ2) is 6.08. The number of rotatable bonds is 4. The van der Waals surface area contributed by atoms with Crippen LogP contribution in [0, 0.1) is 0 Å². The molecule has 100 valence electrons. The summed E-state index contributed by atoms with van der Waals surface area (Å²) >= 11 is 11.8. The average molecular weight is 298 g/mol. The van der Waals surface area contributed by atoms with E-state index in [-0.39, 0.29) is 18.5 Å². The van der Waals surface area contributed by atoms with Crippen molar-refractivity contribution in [2.24, 2.45) is 0 Å². The number of hydrogen-bond acceptors (Lipinski definition) is 2. The number of carbonyl (C=O) groups excluding carboxylic acids is 1. The number of nitrogens with zero attached hydrogens (tertiary/aromatic N) is 2. The molecule has 2 aromatic rings. The van der Waals surface area contributed by atoms with Gasteiger partial charge < -0.3 is 5.32 Å². The van der Waals surface area contributed by atoms with Crippen LogP contribution in [-0.2, 0) is 11.3 Å². The van der Waals surface area contributed by atoms with E-state index in [2.05, 4.69) is 10.4 Å². The van der Waals surface area contributed by atoms with Crippen molar-refractivity contribution in [2.45, 2.75) is 19.5 Å². The molecule has 1 heterocycles. The highest BCUT2D eigenvalue weighted by Gasteiger charge is 2.11. The SMILES string of the molecule is C[C@@H](NC(=O)Cn1cccn1)c1ccc(Cl)c(Cl)c1. The normalized spacial score (nSPS) is 12.2. The first kappa shape index (κ1) is 13.9. The predicted molar refractivity (Wildman–Crippen MR) is 75.2 cm³/mol. The van der Waals surface area contributed by atoms with Gasteiger partial charge in [-0.15, -0.1) is 0 Å². The van der Waals surface area contributed by atoms with Crippen molar-refractivity contribution in [1.29, 1.82) is 0 Å². The topological polar surface area (TPSA) is 46.9 Å². The van der Waals surface area contributed by atoms with Crippen LogP contribution in [0.15, 0.2) is 36.7 Å². The monoisotopic (exact) mass is 297 g/mol. The maximum absolute atomic E-state index is 11.8. The van der Waals surface area contributed by atoms with Crippen LogP contribution in [0.2, 0.25) is 10.0 Å². The number of nitrogens with one attached hydrogen (secondary N) is 1. The lowest BCUT2D eigenvalue weighted by atomic mass is 10.1. The number of carbonyl (C=O) groups is 1. The van der Waals surface area contributed by atoms with Crippen LogP contribution in [0.3, 0.4) is 0 Å². The Morgan fingerprint density at radius 3 is 2.84 bits per heavy atom. The van der Waals surface area contributed by atoms with Gasteiger partial charge in [-0.2, -0.15) is 5.10 Å². The van der Waals surface area contributed by atoms with Crippen LogP contribution in [-0.4, -0.2) is 15.7 Å². The zero-order valence-electron chi connectivity index (χ0n) is 10.3. The molecule has 0 saturated carbocycles. The Kier molecular flexibility index (Phi) is 4.45. The number of benzene rings is 1. The minimum atomic E-state index is -0.141. The van der Waals surface area contributed by atoms with Gasteiger partial charge in [-0.1, -0.05) is 29.3 Å². The van der Waals surface area contributed by atoms with Crippen molar-refractivity contribution in [3.05, 3.63) is 52.3 Å². The van der Waals surface area contributed by atoms with Gasteiger partial charge in [0.1, 0.15) is 6.54 Å². The summed E-state index contributed by atoms with van der Waals surface area (Å²) < 4.78 is 1.57. The molecule has 1 aromatic heterocycles. The van der Waals surface area contributed by atoms with E-state index in [9.17, 15) is 4.79 Å². The highest BCUT2D eigenvalue weighted by molar-refractivity contribution is 6.42. The van der Waals surface area contributed by atoms with Crippen LogP contribution in [0.25, 0.3) is 0 Å². The van der Waals surface area contributed by atoms with Gasteiger partial charge in [0.25, 0.3) is 0 Å². The summed E-state index contributed by atoms with van der Waals surface area (Å²) in [5.41, 5.74) is 0.906. The smallest absolute Gasteiger partial charge is 0.242 e. The third-order valence-electron chi connectivity index (χ3n) is 2.69. The minimum Gasteiger partial charge on any atom is -0.348 e. The fraction of sp³-hybridized carbons (Fsp3) is 0.231. The van der Waals surface area contributed by atoms with Gasteiger partial charge in [-0.3, -0.25) is 9.48 Å². The van der Waals surface area contributed by atoms with Gasteiger partial charge in [-0.05, 0) is 30.7 Å². The van der Waals surface area contributed by atoms with E-state index in [1.165, 1.54) is 0 Å². The van der Waals surface area contributed by atoms with E-state index < -0.39 is 0 Å². The Morgan fingerprint density at radius 1 is 1.42 bits per heavy atom. The first-order chi connectivity index (χ1) is 9.06. The second-order valence-corrected chi connectivity index (χ2v) is 4.98. The highest BCUT2D eigenvalue weighted by Crippen LogP contribution is 2.25. The van der Waals surface area contributed by atoms with E-state index in [4.69, 9.17) is 23.2 Å². The van der Waals surface area contributed by atoms with Gasteiger partial charge in [0.2, 0.25) is 5.91 Å². The molecular formula is C13H13Cl2N3O. The molecule has 0 aliphatic carbocycles. The first-order valence-corrected chi connectivity index (χ1v) is 6.53. The Balaban J connectivity index is 1.98. The second-order valence-electron chi connectivity index (χ2n) is 4.17. The lowest BCUT2D eigenvalue weighted by Gasteiger charge is -2.15. The molecule has 0 radical (unpaired) electrons. The first-order valence-electron chi connectivity index (χ1n) is 5.78. The lowest BCUT2D eigenvalue weighted by Crippen LogP contribution is -2.30.